The summed E-state index contributed by atoms with van der Waals surface area (Å²) in [5.74, 6) is 1.93. The molecule has 0 saturated carbocycles. The molecule has 18 heavy (non-hydrogen) atoms. The Labute approximate surface area is 108 Å². The SMILES string of the molecule is CCN1CCOC(CNc2cc(N)nc(C)n2)C1. The van der Waals surface area contributed by atoms with E-state index < -0.39 is 0 Å². The maximum absolute atomic E-state index is 5.71. The van der Waals surface area contributed by atoms with E-state index >= 15 is 0 Å². The molecule has 6 nitrogen and oxygen atoms in total. The second-order valence-electron chi connectivity index (χ2n) is 4.49. The van der Waals surface area contributed by atoms with E-state index in [0.29, 0.717) is 11.6 Å². The van der Waals surface area contributed by atoms with Crippen LogP contribution in [0, 0.1) is 6.92 Å². The van der Waals surface area contributed by atoms with Gasteiger partial charge in [0, 0.05) is 25.7 Å². The lowest BCUT2D eigenvalue weighted by atomic mass is 10.2. The summed E-state index contributed by atoms with van der Waals surface area (Å²) >= 11 is 0. The molecule has 2 rings (SSSR count). The Hall–Kier alpha value is -1.40. The van der Waals surface area contributed by atoms with Crippen molar-refractivity contribution in [2.75, 3.05) is 43.8 Å². The van der Waals surface area contributed by atoms with Crippen molar-refractivity contribution < 1.29 is 4.74 Å². The van der Waals surface area contributed by atoms with E-state index in [9.17, 15) is 0 Å². The summed E-state index contributed by atoms with van der Waals surface area (Å²) in [4.78, 5) is 10.7. The molecule has 2 heterocycles. The fraction of sp³-hybridized carbons (Fsp3) is 0.667. The number of rotatable bonds is 4. The fourth-order valence-electron chi connectivity index (χ4n) is 2.09. The number of aromatic nitrogens is 2. The number of anilines is 2. The van der Waals surface area contributed by atoms with E-state index in [0.717, 1.165) is 38.6 Å². The van der Waals surface area contributed by atoms with E-state index in [1.54, 1.807) is 6.07 Å². The van der Waals surface area contributed by atoms with Gasteiger partial charge in [0.25, 0.3) is 0 Å². The number of likely N-dealkylation sites (N-methyl/N-ethyl adjacent to an activating group) is 1. The topological polar surface area (TPSA) is 76.3 Å². The number of hydrogen-bond donors (Lipinski definition) is 2. The van der Waals surface area contributed by atoms with Crippen LogP contribution < -0.4 is 11.1 Å². The van der Waals surface area contributed by atoms with Crippen LogP contribution in [0.1, 0.15) is 12.7 Å². The number of aryl methyl sites for hydroxylation is 1. The van der Waals surface area contributed by atoms with Gasteiger partial charge < -0.3 is 15.8 Å². The summed E-state index contributed by atoms with van der Waals surface area (Å²) in [7, 11) is 0. The van der Waals surface area contributed by atoms with Crippen LogP contribution in [-0.4, -0.2) is 53.8 Å². The Balaban J connectivity index is 1.87. The Morgan fingerprint density at radius 3 is 3.11 bits per heavy atom. The van der Waals surface area contributed by atoms with Crippen molar-refractivity contribution in [1.29, 1.82) is 0 Å². The van der Waals surface area contributed by atoms with Gasteiger partial charge in [0.15, 0.2) is 0 Å². The van der Waals surface area contributed by atoms with Crippen LogP contribution in [-0.2, 0) is 4.74 Å². The molecule has 1 aliphatic rings. The predicted octanol–water partition coefficient (Wildman–Crippen LogP) is 0.500. The standard InChI is InChI=1S/C12H21N5O/c1-3-17-4-5-18-10(8-17)7-14-12-6-11(13)15-9(2)16-12/h6,10H,3-5,7-8H2,1-2H3,(H3,13,14,15,16). The normalized spacial score (nSPS) is 20.9. The molecule has 3 N–H and O–H groups in total. The third-order valence-corrected chi connectivity index (χ3v) is 3.04. The number of hydrogen-bond acceptors (Lipinski definition) is 6. The van der Waals surface area contributed by atoms with Gasteiger partial charge in [-0.1, -0.05) is 6.92 Å². The summed E-state index contributed by atoms with van der Waals surface area (Å²) in [6.07, 6.45) is 0.204. The first-order valence-electron chi connectivity index (χ1n) is 6.36. The number of nitrogen functional groups attached to an aromatic ring is 1. The second-order valence-corrected chi connectivity index (χ2v) is 4.49. The minimum absolute atomic E-state index is 0.204. The summed E-state index contributed by atoms with van der Waals surface area (Å²) in [6, 6.07) is 1.74. The first kappa shape index (κ1) is 13.0. The van der Waals surface area contributed by atoms with Crippen molar-refractivity contribution in [3.8, 4) is 0 Å². The summed E-state index contributed by atoms with van der Waals surface area (Å²) in [5.41, 5.74) is 5.68. The first-order valence-corrected chi connectivity index (χ1v) is 6.36. The third-order valence-electron chi connectivity index (χ3n) is 3.04. The van der Waals surface area contributed by atoms with Crippen molar-refractivity contribution in [2.45, 2.75) is 20.0 Å². The zero-order chi connectivity index (χ0) is 13.0. The van der Waals surface area contributed by atoms with Gasteiger partial charge in [0.2, 0.25) is 0 Å². The number of morpholine rings is 1. The Morgan fingerprint density at radius 2 is 2.39 bits per heavy atom. The molecule has 0 spiro atoms. The van der Waals surface area contributed by atoms with E-state index in [-0.39, 0.29) is 6.10 Å². The van der Waals surface area contributed by atoms with Crippen LogP contribution in [0.25, 0.3) is 0 Å². The van der Waals surface area contributed by atoms with E-state index in [1.807, 2.05) is 6.92 Å². The fourth-order valence-corrected chi connectivity index (χ4v) is 2.09. The molecule has 1 aliphatic heterocycles. The van der Waals surface area contributed by atoms with Crippen LogP contribution in [0.5, 0.6) is 0 Å². The molecule has 0 aromatic carbocycles. The maximum Gasteiger partial charge on any atom is 0.131 e. The largest absolute Gasteiger partial charge is 0.384 e. The average Bonchev–Trinajstić information content (AvgIpc) is 2.35. The van der Waals surface area contributed by atoms with Gasteiger partial charge in [-0.3, -0.25) is 4.90 Å². The average molecular weight is 251 g/mol. The van der Waals surface area contributed by atoms with Crippen LogP contribution in [0.15, 0.2) is 6.07 Å². The lowest BCUT2D eigenvalue weighted by Gasteiger charge is -2.32. The van der Waals surface area contributed by atoms with Crippen molar-refractivity contribution in [2.24, 2.45) is 0 Å². The molecule has 1 aromatic heterocycles. The van der Waals surface area contributed by atoms with Gasteiger partial charge in [0.05, 0.1) is 12.7 Å². The molecule has 1 atom stereocenters. The molecule has 100 valence electrons. The minimum Gasteiger partial charge on any atom is -0.384 e. The number of nitrogens with two attached hydrogens (primary N) is 1. The summed E-state index contributed by atoms with van der Waals surface area (Å²) < 4.78 is 5.71. The number of nitrogens with zero attached hydrogens (tertiary/aromatic N) is 3. The zero-order valence-electron chi connectivity index (χ0n) is 11.0. The molecule has 6 heteroatoms. The molecule has 0 amide bonds. The van der Waals surface area contributed by atoms with Crippen molar-refractivity contribution >= 4 is 11.6 Å². The van der Waals surface area contributed by atoms with Gasteiger partial charge in [-0.05, 0) is 13.5 Å². The molecular weight excluding hydrogens is 230 g/mol. The van der Waals surface area contributed by atoms with E-state index in [2.05, 4.69) is 27.1 Å². The molecule has 0 bridgehead atoms. The second kappa shape index (κ2) is 5.97. The van der Waals surface area contributed by atoms with Gasteiger partial charge in [0.1, 0.15) is 17.5 Å². The molecule has 1 aromatic rings. The van der Waals surface area contributed by atoms with E-state index in [1.165, 1.54) is 0 Å². The molecule has 0 radical (unpaired) electrons. The molecular formula is C12H21N5O. The quantitative estimate of drug-likeness (QED) is 0.811. The van der Waals surface area contributed by atoms with Gasteiger partial charge in [-0.15, -0.1) is 0 Å². The highest BCUT2D eigenvalue weighted by Gasteiger charge is 2.18. The smallest absolute Gasteiger partial charge is 0.131 e. The third kappa shape index (κ3) is 3.54. The summed E-state index contributed by atoms with van der Waals surface area (Å²) in [6.45, 7) is 8.59. The molecule has 1 saturated heterocycles. The van der Waals surface area contributed by atoms with Crippen molar-refractivity contribution in [3.05, 3.63) is 11.9 Å². The number of ether oxygens (including phenoxy) is 1. The van der Waals surface area contributed by atoms with Crippen LogP contribution in [0.4, 0.5) is 11.6 Å². The van der Waals surface area contributed by atoms with Gasteiger partial charge >= 0.3 is 0 Å². The van der Waals surface area contributed by atoms with Crippen LogP contribution >= 0.6 is 0 Å². The van der Waals surface area contributed by atoms with Crippen molar-refractivity contribution in [1.82, 2.24) is 14.9 Å². The highest BCUT2D eigenvalue weighted by atomic mass is 16.5. The van der Waals surface area contributed by atoms with E-state index in [4.69, 9.17) is 10.5 Å². The van der Waals surface area contributed by atoms with Gasteiger partial charge in [-0.25, -0.2) is 9.97 Å². The van der Waals surface area contributed by atoms with Gasteiger partial charge in [-0.2, -0.15) is 0 Å². The summed E-state index contributed by atoms with van der Waals surface area (Å²) in [5, 5.41) is 3.26. The van der Waals surface area contributed by atoms with Crippen LogP contribution in [0.2, 0.25) is 0 Å². The van der Waals surface area contributed by atoms with Crippen molar-refractivity contribution in [3.63, 3.8) is 0 Å². The first-order chi connectivity index (χ1) is 8.67. The maximum atomic E-state index is 5.71. The van der Waals surface area contributed by atoms with Crippen LogP contribution in [0.3, 0.4) is 0 Å². The Morgan fingerprint density at radius 1 is 1.56 bits per heavy atom. The lowest BCUT2D eigenvalue weighted by molar-refractivity contribution is -0.0192. The Bertz CT molecular complexity index is 378. The highest BCUT2D eigenvalue weighted by molar-refractivity contribution is 5.44. The molecule has 1 fully saturated rings. The molecule has 1 unspecified atom stereocenters. The monoisotopic (exact) mass is 251 g/mol. The number of nitrogens with one attached hydrogen (secondary N) is 1. The Kier molecular flexibility index (Phi) is 4.33. The predicted molar refractivity (Wildman–Crippen MR) is 71.5 cm³/mol. The highest BCUT2D eigenvalue weighted by Crippen LogP contribution is 2.10. The molecule has 0 aliphatic carbocycles. The minimum atomic E-state index is 0.204. The zero-order valence-corrected chi connectivity index (χ0v) is 11.0. The lowest BCUT2D eigenvalue weighted by Crippen LogP contribution is -2.45.